The summed E-state index contributed by atoms with van der Waals surface area (Å²) in [6, 6.07) is 12.1. The van der Waals surface area contributed by atoms with Crippen molar-refractivity contribution in [2.75, 3.05) is 32.8 Å². The van der Waals surface area contributed by atoms with Crippen molar-refractivity contribution < 1.29 is 27.4 Å². The number of nitrogens with zero attached hydrogens (tertiary/aromatic N) is 2. The Kier molecular flexibility index (Phi) is 6.34. The molecule has 2 aliphatic heterocycles. The number of methoxy groups -OCH3 is 3. The monoisotopic (exact) mass is 476 g/mol. The lowest BCUT2D eigenvalue weighted by Crippen LogP contribution is -2.37. The molecule has 0 saturated carbocycles. The Bertz CT molecular complexity index is 1150. The molecule has 0 N–H and O–H groups in total. The van der Waals surface area contributed by atoms with Crippen molar-refractivity contribution in [3.05, 3.63) is 53.6 Å². The number of ether oxygens (including phenoxy) is 3. The number of rotatable bonds is 6. The Balaban J connectivity index is 1.63. The van der Waals surface area contributed by atoms with Gasteiger partial charge in [0.25, 0.3) is 5.91 Å². The third kappa shape index (κ3) is 4.56. The highest BCUT2D eigenvalue weighted by atomic mass is 32.2. The summed E-state index contributed by atoms with van der Waals surface area (Å²) in [4.78, 5) is 19.1. The molecule has 0 bridgehead atoms. The predicted molar refractivity (Wildman–Crippen MR) is 124 cm³/mol. The van der Waals surface area contributed by atoms with Gasteiger partial charge in [0.2, 0.25) is 0 Å². The van der Waals surface area contributed by atoms with Crippen LogP contribution in [0.5, 0.6) is 17.2 Å². The molecule has 4 rings (SSSR count). The highest BCUT2D eigenvalue weighted by molar-refractivity contribution is 8.15. The normalized spacial score (nSPS) is 22.6. The zero-order chi connectivity index (χ0) is 22.9. The molecule has 8 nitrogen and oxygen atoms in total. The molecular formula is C22H24N2O6S2. The molecule has 0 aromatic heterocycles. The van der Waals surface area contributed by atoms with Gasteiger partial charge in [-0.25, -0.2) is 8.42 Å². The van der Waals surface area contributed by atoms with E-state index in [1.807, 2.05) is 17.0 Å². The van der Waals surface area contributed by atoms with Crippen molar-refractivity contribution in [3.63, 3.8) is 0 Å². The Morgan fingerprint density at radius 1 is 1.03 bits per heavy atom. The standard InChI is InChI=1S/C22H24N2O6S2/c1-28-16-7-5-15(6-8-16)21(25)23-22-24(17-12-32(26,27)13-20(17)31-22)11-14-4-9-18(29-2)19(10-14)30-3/h4-10,17,20H,11-13H2,1-3H3/t17-,20-/m0/s1. The molecule has 32 heavy (non-hydrogen) atoms. The number of benzene rings is 2. The number of amides is 1. The lowest BCUT2D eigenvalue weighted by molar-refractivity contribution is 0.100. The van der Waals surface area contributed by atoms with Gasteiger partial charge in [-0.1, -0.05) is 17.8 Å². The van der Waals surface area contributed by atoms with Crippen LogP contribution in [-0.4, -0.2) is 68.5 Å². The van der Waals surface area contributed by atoms with Gasteiger partial charge < -0.3 is 19.1 Å². The van der Waals surface area contributed by atoms with Crippen LogP contribution in [0.25, 0.3) is 0 Å². The highest BCUT2D eigenvalue weighted by Gasteiger charge is 2.48. The lowest BCUT2D eigenvalue weighted by atomic mass is 10.1. The predicted octanol–water partition coefficient (Wildman–Crippen LogP) is 2.62. The Hall–Kier alpha value is -2.72. The Morgan fingerprint density at radius 3 is 2.41 bits per heavy atom. The number of carbonyl (C=O) groups excluding carboxylic acids is 1. The fourth-order valence-electron chi connectivity index (χ4n) is 3.88. The van der Waals surface area contributed by atoms with E-state index >= 15 is 0 Å². The number of hydrogen-bond acceptors (Lipinski definition) is 7. The third-order valence-electron chi connectivity index (χ3n) is 5.51. The molecule has 2 aromatic carbocycles. The fraction of sp³-hybridized carbons (Fsp3) is 0.364. The van der Waals surface area contributed by atoms with Gasteiger partial charge in [0, 0.05) is 17.4 Å². The average Bonchev–Trinajstić information content (AvgIpc) is 3.25. The number of hydrogen-bond donors (Lipinski definition) is 0. The summed E-state index contributed by atoms with van der Waals surface area (Å²) in [6.07, 6.45) is 0. The summed E-state index contributed by atoms with van der Waals surface area (Å²) in [5, 5.41) is 0.382. The number of aliphatic imine (C=N–C) groups is 1. The van der Waals surface area contributed by atoms with Crippen molar-refractivity contribution >= 4 is 32.7 Å². The molecule has 2 saturated heterocycles. The van der Waals surface area contributed by atoms with Crippen molar-refractivity contribution in [3.8, 4) is 17.2 Å². The second-order valence-corrected chi connectivity index (χ2v) is 10.9. The van der Waals surface area contributed by atoms with Gasteiger partial charge in [0.05, 0.1) is 38.9 Å². The van der Waals surface area contributed by atoms with Gasteiger partial charge in [0.15, 0.2) is 26.5 Å². The van der Waals surface area contributed by atoms with E-state index in [0.29, 0.717) is 34.5 Å². The van der Waals surface area contributed by atoms with Gasteiger partial charge in [-0.2, -0.15) is 4.99 Å². The maximum absolute atomic E-state index is 12.8. The van der Waals surface area contributed by atoms with Gasteiger partial charge in [0.1, 0.15) is 5.75 Å². The smallest absolute Gasteiger partial charge is 0.279 e. The van der Waals surface area contributed by atoms with Crippen LogP contribution in [0.15, 0.2) is 47.5 Å². The maximum atomic E-state index is 12.8. The largest absolute Gasteiger partial charge is 0.497 e. The van der Waals surface area contributed by atoms with Crippen LogP contribution in [0.4, 0.5) is 0 Å². The second kappa shape index (κ2) is 9.03. The minimum atomic E-state index is -3.13. The van der Waals surface area contributed by atoms with E-state index in [1.54, 1.807) is 51.7 Å². The van der Waals surface area contributed by atoms with Gasteiger partial charge in [-0.05, 0) is 42.0 Å². The van der Waals surface area contributed by atoms with Crippen LogP contribution >= 0.6 is 11.8 Å². The number of sulfone groups is 1. The van der Waals surface area contributed by atoms with Crippen molar-refractivity contribution in [2.45, 2.75) is 17.8 Å². The van der Waals surface area contributed by atoms with E-state index in [0.717, 1.165) is 5.56 Å². The molecule has 1 amide bonds. The van der Waals surface area contributed by atoms with E-state index in [4.69, 9.17) is 14.2 Å². The van der Waals surface area contributed by atoms with Crippen LogP contribution in [0.2, 0.25) is 0 Å². The SMILES string of the molecule is COc1ccc(C(=O)N=C2S[C@H]3CS(=O)(=O)C[C@@H]3N2Cc2ccc(OC)c(OC)c2)cc1. The third-order valence-corrected chi connectivity index (χ3v) is 8.76. The average molecular weight is 477 g/mol. The molecule has 2 fully saturated rings. The fourth-order valence-corrected chi connectivity index (χ4v) is 7.83. The van der Waals surface area contributed by atoms with E-state index in [2.05, 4.69) is 4.99 Å². The first-order valence-electron chi connectivity index (χ1n) is 9.95. The van der Waals surface area contributed by atoms with Gasteiger partial charge >= 0.3 is 0 Å². The van der Waals surface area contributed by atoms with Crippen LogP contribution in [0, 0.1) is 0 Å². The molecule has 0 aliphatic carbocycles. The summed E-state index contributed by atoms with van der Waals surface area (Å²) in [7, 11) is 1.56. The molecular weight excluding hydrogens is 452 g/mol. The first-order valence-corrected chi connectivity index (χ1v) is 12.7. The second-order valence-electron chi connectivity index (χ2n) is 7.55. The zero-order valence-corrected chi connectivity index (χ0v) is 19.6. The van der Waals surface area contributed by atoms with E-state index < -0.39 is 9.84 Å². The summed E-state index contributed by atoms with van der Waals surface area (Å²) in [6.45, 7) is 0.402. The topological polar surface area (TPSA) is 94.5 Å². The minimum absolute atomic E-state index is 0.0493. The van der Waals surface area contributed by atoms with Gasteiger partial charge in [-0.15, -0.1) is 0 Å². The quantitative estimate of drug-likeness (QED) is 0.628. The lowest BCUT2D eigenvalue weighted by Gasteiger charge is -2.25. The zero-order valence-electron chi connectivity index (χ0n) is 18.0. The summed E-state index contributed by atoms with van der Waals surface area (Å²) < 4.78 is 40.3. The molecule has 2 aliphatic rings. The van der Waals surface area contributed by atoms with Crippen molar-refractivity contribution in [2.24, 2.45) is 4.99 Å². The van der Waals surface area contributed by atoms with Crippen molar-refractivity contribution in [1.29, 1.82) is 0 Å². The molecule has 0 unspecified atom stereocenters. The van der Waals surface area contributed by atoms with E-state index in [1.165, 1.54) is 11.8 Å². The number of amidine groups is 1. The molecule has 10 heteroatoms. The summed E-state index contributed by atoms with van der Waals surface area (Å²) in [5.41, 5.74) is 1.34. The van der Waals surface area contributed by atoms with E-state index in [-0.39, 0.29) is 28.7 Å². The summed E-state index contributed by atoms with van der Waals surface area (Å²) >= 11 is 1.35. The summed E-state index contributed by atoms with van der Waals surface area (Å²) in [5.74, 6) is 1.60. The molecule has 2 heterocycles. The van der Waals surface area contributed by atoms with Crippen LogP contribution < -0.4 is 14.2 Å². The molecule has 2 aromatic rings. The highest BCUT2D eigenvalue weighted by Crippen LogP contribution is 2.40. The maximum Gasteiger partial charge on any atom is 0.279 e. The molecule has 0 radical (unpaired) electrons. The van der Waals surface area contributed by atoms with Crippen molar-refractivity contribution in [1.82, 2.24) is 4.90 Å². The number of thioether (sulfide) groups is 1. The first kappa shape index (κ1) is 22.5. The molecule has 170 valence electrons. The van der Waals surface area contributed by atoms with E-state index in [9.17, 15) is 13.2 Å². The van der Waals surface area contributed by atoms with Gasteiger partial charge in [-0.3, -0.25) is 4.79 Å². The molecule has 0 spiro atoms. The van der Waals surface area contributed by atoms with Crippen LogP contribution in [0.1, 0.15) is 15.9 Å². The number of carbonyl (C=O) groups is 1. The van der Waals surface area contributed by atoms with Crippen LogP contribution in [-0.2, 0) is 16.4 Å². The minimum Gasteiger partial charge on any atom is -0.497 e. The van der Waals surface area contributed by atoms with Crippen LogP contribution in [0.3, 0.4) is 0 Å². The Morgan fingerprint density at radius 2 is 1.75 bits per heavy atom. The molecule has 2 atom stereocenters. The first-order chi connectivity index (χ1) is 15.3. The Labute approximate surface area is 191 Å². The number of fused-ring (bicyclic) bond motifs is 1.